The summed E-state index contributed by atoms with van der Waals surface area (Å²) in [5, 5.41) is 12.5. The topological polar surface area (TPSA) is 75.4 Å². The third-order valence-electron chi connectivity index (χ3n) is 2.26. The van der Waals surface area contributed by atoms with E-state index in [1.165, 1.54) is 0 Å². The largest absolute Gasteiger partial charge is 0.392 e. The molecule has 0 aromatic rings. The Balaban J connectivity index is 2.10. The van der Waals surface area contributed by atoms with Gasteiger partial charge in [-0.25, -0.2) is 0 Å². The minimum absolute atomic E-state index is 0.171. The van der Waals surface area contributed by atoms with Crippen molar-refractivity contribution in [2.24, 2.45) is 5.73 Å². The van der Waals surface area contributed by atoms with Gasteiger partial charge in [0.25, 0.3) is 0 Å². The monoisotopic (exact) mass is 172 g/mol. The Kier molecular flexibility index (Phi) is 3.49. The van der Waals surface area contributed by atoms with E-state index >= 15 is 0 Å². The average Bonchev–Trinajstić information content (AvgIpc) is 2.36. The smallest absolute Gasteiger partial charge is 0.218 e. The third-order valence-corrected chi connectivity index (χ3v) is 2.26. The van der Waals surface area contributed by atoms with Crippen LogP contribution in [0.1, 0.15) is 25.7 Å². The first-order chi connectivity index (χ1) is 5.70. The summed E-state index contributed by atoms with van der Waals surface area (Å²) in [6.45, 7) is 0.580. The fraction of sp³-hybridized carbons (Fsp3) is 0.875. The Morgan fingerprint density at radius 1 is 1.58 bits per heavy atom. The molecule has 1 fully saturated rings. The highest BCUT2D eigenvalue weighted by Crippen LogP contribution is 2.18. The highest BCUT2D eigenvalue weighted by molar-refractivity contribution is 5.73. The average molecular weight is 172 g/mol. The fourth-order valence-electron chi connectivity index (χ4n) is 1.56. The predicted octanol–water partition coefficient (Wildman–Crippen LogP) is -0.635. The molecule has 1 aliphatic rings. The van der Waals surface area contributed by atoms with E-state index in [2.05, 4.69) is 5.32 Å². The summed E-state index contributed by atoms with van der Waals surface area (Å²) in [6, 6.07) is 0.171. The van der Waals surface area contributed by atoms with Gasteiger partial charge in [-0.15, -0.1) is 0 Å². The van der Waals surface area contributed by atoms with Crippen LogP contribution in [0.25, 0.3) is 0 Å². The van der Waals surface area contributed by atoms with Gasteiger partial charge in [0.1, 0.15) is 0 Å². The van der Waals surface area contributed by atoms with Gasteiger partial charge in [0.15, 0.2) is 0 Å². The molecule has 0 aromatic heterocycles. The Morgan fingerprint density at radius 3 is 2.83 bits per heavy atom. The van der Waals surface area contributed by atoms with E-state index in [4.69, 9.17) is 5.73 Å². The number of rotatable bonds is 4. The van der Waals surface area contributed by atoms with Crippen molar-refractivity contribution >= 4 is 5.91 Å². The van der Waals surface area contributed by atoms with Crippen molar-refractivity contribution in [1.82, 2.24) is 5.32 Å². The molecule has 0 saturated heterocycles. The normalized spacial score (nSPS) is 29.1. The molecule has 2 atom stereocenters. The van der Waals surface area contributed by atoms with E-state index < -0.39 is 0 Å². The molecular formula is C8H16N2O2. The highest BCUT2D eigenvalue weighted by atomic mass is 16.3. The Hall–Kier alpha value is -0.610. The maximum absolute atomic E-state index is 10.4. The highest BCUT2D eigenvalue weighted by Gasteiger charge is 2.23. The molecule has 4 heteroatoms. The van der Waals surface area contributed by atoms with Crippen LogP contribution >= 0.6 is 0 Å². The first kappa shape index (κ1) is 9.48. The first-order valence-corrected chi connectivity index (χ1v) is 4.40. The zero-order chi connectivity index (χ0) is 8.97. The molecule has 0 spiro atoms. The number of carbonyl (C=O) groups excluding carboxylic acids is 1. The molecule has 12 heavy (non-hydrogen) atoms. The molecule has 1 amide bonds. The minimum Gasteiger partial charge on any atom is -0.392 e. The number of aliphatic hydroxyl groups is 1. The van der Waals surface area contributed by atoms with Crippen molar-refractivity contribution in [1.29, 1.82) is 0 Å². The lowest BCUT2D eigenvalue weighted by molar-refractivity contribution is -0.117. The maximum atomic E-state index is 10.4. The van der Waals surface area contributed by atoms with Gasteiger partial charge in [-0.05, 0) is 19.3 Å². The molecule has 0 bridgehead atoms. The molecule has 4 N–H and O–H groups in total. The lowest BCUT2D eigenvalue weighted by Crippen LogP contribution is -2.37. The van der Waals surface area contributed by atoms with Crippen LogP contribution in [-0.4, -0.2) is 29.7 Å². The molecule has 0 aromatic carbocycles. The number of nitrogens with one attached hydrogen (secondary N) is 1. The van der Waals surface area contributed by atoms with Crippen LogP contribution in [0, 0.1) is 0 Å². The number of hydrogen-bond acceptors (Lipinski definition) is 3. The standard InChI is InChI=1S/C8H16N2O2/c9-8(12)4-5-10-6-2-1-3-7(6)11/h6-7,10-11H,1-5H2,(H2,9,12). The Morgan fingerprint density at radius 2 is 2.33 bits per heavy atom. The lowest BCUT2D eigenvalue weighted by Gasteiger charge is -2.15. The molecule has 1 saturated carbocycles. The molecule has 1 rings (SSSR count). The maximum Gasteiger partial charge on any atom is 0.218 e. The molecule has 1 aliphatic carbocycles. The summed E-state index contributed by atoms with van der Waals surface area (Å²) in [6.07, 6.45) is 3.05. The third kappa shape index (κ3) is 2.79. The van der Waals surface area contributed by atoms with Crippen LogP contribution in [0.2, 0.25) is 0 Å². The Labute approximate surface area is 72.1 Å². The summed E-state index contributed by atoms with van der Waals surface area (Å²) in [5.74, 6) is -0.296. The van der Waals surface area contributed by atoms with E-state index in [1.807, 2.05) is 0 Å². The minimum atomic E-state index is -0.296. The van der Waals surface area contributed by atoms with E-state index in [-0.39, 0.29) is 18.1 Å². The lowest BCUT2D eigenvalue weighted by atomic mass is 10.2. The quantitative estimate of drug-likeness (QED) is 0.528. The van der Waals surface area contributed by atoms with Gasteiger partial charge >= 0.3 is 0 Å². The summed E-state index contributed by atoms with van der Waals surface area (Å²) < 4.78 is 0. The van der Waals surface area contributed by atoms with Gasteiger partial charge in [-0.2, -0.15) is 0 Å². The van der Waals surface area contributed by atoms with Gasteiger partial charge < -0.3 is 16.2 Å². The van der Waals surface area contributed by atoms with Crippen molar-refractivity contribution in [3.8, 4) is 0 Å². The zero-order valence-corrected chi connectivity index (χ0v) is 7.12. The molecule has 0 radical (unpaired) electrons. The zero-order valence-electron chi connectivity index (χ0n) is 7.12. The van der Waals surface area contributed by atoms with Crippen LogP contribution in [0.5, 0.6) is 0 Å². The van der Waals surface area contributed by atoms with E-state index in [9.17, 15) is 9.90 Å². The van der Waals surface area contributed by atoms with Crippen LogP contribution in [0.3, 0.4) is 0 Å². The van der Waals surface area contributed by atoms with Crippen molar-refractivity contribution in [3.05, 3.63) is 0 Å². The van der Waals surface area contributed by atoms with Crippen molar-refractivity contribution in [2.75, 3.05) is 6.54 Å². The van der Waals surface area contributed by atoms with Gasteiger partial charge in [-0.3, -0.25) is 4.79 Å². The fourth-order valence-corrected chi connectivity index (χ4v) is 1.56. The number of primary amides is 1. The van der Waals surface area contributed by atoms with Gasteiger partial charge in [0.05, 0.1) is 6.10 Å². The van der Waals surface area contributed by atoms with Crippen LogP contribution in [0.15, 0.2) is 0 Å². The number of nitrogens with two attached hydrogens (primary N) is 1. The summed E-state index contributed by atoms with van der Waals surface area (Å²) in [4.78, 5) is 10.4. The molecule has 4 nitrogen and oxygen atoms in total. The second-order valence-electron chi connectivity index (χ2n) is 3.28. The molecular weight excluding hydrogens is 156 g/mol. The van der Waals surface area contributed by atoms with Gasteiger partial charge in [-0.1, -0.05) is 0 Å². The number of hydrogen-bond donors (Lipinski definition) is 3. The van der Waals surface area contributed by atoms with Crippen LogP contribution in [-0.2, 0) is 4.79 Å². The Bertz CT molecular complexity index is 161. The number of aliphatic hydroxyl groups excluding tert-OH is 1. The van der Waals surface area contributed by atoms with Crippen molar-refractivity contribution in [3.63, 3.8) is 0 Å². The number of amides is 1. The summed E-state index contributed by atoms with van der Waals surface area (Å²) in [5.41, 5.74) is 4.97. The molecule has 0 heterocycles. The van der Waals surface area contributed by atoms with Crippen molar-refractivity contribution in [2.45, 2.75) is 37.8 Å². The number of carbonyl (C=O) groups is 1. The van der Waals surface area contributed by atoms with Crippen LogP contribution < -0.4 is 11.1 Å². The van der Waals surface area contributed by atoms with Gasteiger partial charge in [0.2, 0.25) is 5.91 Å². The van der Waals surface area contributed by atoms with Gasteiger partial charge in [0, 0.05) is 19.0 Å². The molecule has 2 unspecified atom stereocenters. The first-order valence-electron chi connectivity index (χ1n) is 4.40. The SMILES string of the molecule is NC(=O)CCNC1CCCC1O. The second kappa shape index (κ2) is 4.42. The molecule has 0 aliphatic heterocycles. The summed E-state index contributed by atoms with van der Waals surface area (Å²) >= 11 is 0. The van der Waals surface area contributed by atoms with Crippen molar-refractivity contribution < 1.29 is 9.90 Å². The van der Waals surface area contributed by atoms with E-state index in [0.717, 1.165) is 19.3 Å². The van der Waals surface area contributed by atoms with E-state index in [0.29, 0.717) is 13.0 Å². The summed E-state index contributed by atoms with van der Waals surface area (Å²) in [7, 11) is 0. The predicted molar refractivity (Wildman–Crippen MR) is 45.5 cm³/mol. The second-order valence-corrected chi connectivity index (χ2v) is 3.28. The van der Waals surface area contributed by atoms with Crippen LogP contribution in [0.4, 0.5) is 0 Å². The van der Waals surface area contributed by atoms with E-state index in [1.54, 1.807) is 0 Å². The molecule has 70 valence electrons.